The van der Waals surface area contributed by atoms with Crippen molar-refractivity contribution in [3.63, 3.8) is 0 Å². The zero-order valence-corrected chi connectivity index (χ0v) is 15.8. The first-order valence-corrected chi connectivity index (χ1v) is 9.73. The van der Waals surface area contributed by atoms with E-state index in [1.165, 1.54) is 28.6 Å². The Kier molecular flexibility index (Phi) is 6.58. The second kappa shape index (κ2) is 8.47. The summed E-state index contributed by atoms with van der Waals surface area (Å²) in [7, 11) is -3.83. The number of hydrogen-bond acceptors (Lipinski definition) is 3. The van der Waals surface area contributed by atoms with Crippen LogP contribution in [0.25, 0.3) is 0 Å². The Hall–Kier alpha value is -1.89. The number of hydrogen-bond donors (Lipinski definition) is 1. The smallest absolute Gasteiger partial charge is 0.243 e. The van der Waals surface area contributed by atoms with Crippen LogP contribution >= 0.6 is 11.6 Å². The van der Waals surface area contributed by atoms with Gasteiger partial charge in [-0.05, 0) is 49.2 Å². The normalized spacial score (nSPS) is 11.5. The molecule has 0 fully saturated rings. The van der Waals surface area contributed by atoms with Gasteiger partial charge in [-0.15, -0.1) is 0 Å². The summed E-state index contributed by atoms with van der Waals surface area (Å²) in [5.74, 6) is -0.339. The fourth-order valence-corrected chi connectivity index (χ4v) is 3.87. The molecule has 0 unspecified atom stereocenters. The maximum absolute atomic E-state index is 13.0. The molecule has 0 aromatic heterocycles. The van der Waals surface area contributed by atoms with E-state index in [0.717, 1.165) is 11.1 Å². The van der Waals surface area contributed by atoms with Gasteiger partial charge in [0.1, 0.15) is 0 Å². The number of nitrogens with zero attached hydrogens (tertiary/aromatic N) is 1. The van der Waals surface area contributed by atoms with E-state index in [1.807, 2.05) is 31.2 Å². The van der Waals surface area contributed by atoms with Gasteiger partial charge in [0.05, 0.1) is 11.4 Å². The van der Waals surface area contributed by atoms with Crippen molar-refractivity contribution in [3.8, 4) is 0 Å². The molecule has 0 spiro atoms. The van der Waals surface area contributed by atoms with Gasteiger partial charge in [-0.25, -0.2) is 8.42 Å². The summed E-state index contributed by atoms with van der Waals surface area (Å²) in [4.78, 5) is 12.1. The molecule has 2 aromatic rings. The third-order valence-electron chi connectivity index (χ3n) is 3.75. The van der Waals surface area contributed by atoms with E-state index in [9.17, 15) is 13.2 Å². The van der Waals surface area contributed by atoms with E-state index in [1.54, 1.807) is 6.92 Å². The summed E-state index contributed by atoms with van der Waals surface area (Å²) < 4.78 is 27.2. The summed E-state index contributed by atoms with van der Waals surface area (Å²) in [5.41, 5.74) is 1.82. The molecule has 0 saturated carbocycles. The van der Waals surface area contributed by atoms with E-state index in [0.29, 0.717) is 11.6 Å². The summed E-state index contributed by atoms with van der Waals surface area (Å²) >= 11 is 5.84. The molecule has 1 N–H and O–H groups in total. The van der Waals surface area contributed by atoms with Crippen LogP contribution in [0.5, 0.6) is 0 Å². The first kappa shape index (κ1) is 19.4. The van der Waals surface area contributed by atoms with Crippen LogP contribution in [-0.4, -0.2) is 31.7 Å². The molecule has 5 nitrogen and oxygen atoms in total. The minimum atomic E-state index is -3.83. The summed E-state index contributed by atoms with van der Waals surface area (Å²) in [6.45, 7) is 4.02. The van der Waals surface area contributed by atoms with Crippen molar-refractivity contribution >= 4 is 27.5 Å². The number of aryl methyl sites for hydroxylation is 1. The van der Waals surface area contributed by atoms with Crippen molar-refractivity contribution in [2.75, 3.05) is 13.1 Å². The molecule has 7 heteroatoms. The fourth-order valence-electron chi connectivity index (χ4n) is 2.37. The molecule has 0 bridgehead atoms. The highest BCUT2D eigenvalue weighted by Crippen LogP contribution is 2.21. The molecule has 2 aromatic carbocycles. The molecular weight excluding hydrogens is 360 g/mol. The van der Waals surface area contributed by atoms with Gasteiger partial charge >= 0.3 is 0 Å². The van der Waals surface area contributed by atoms with Gasteiger partial charge in [0, 0.05) is 18.1 Å². The lowest BCUT2D eigenvalue weighted by Crippen LogP contribution is -2.40. The third-order valence-corrected chi connectivity index (χ3v) is 5.81. The molecule has 1 amide bonds. The second-order valence-electron chi connectivity index (χ2n) is 5.61. The van der Waals surface area contributed by atoms with E-state index in [-0.39, 0.29) is 23.9 Å². The van der Waals surface area contributed by atoms with Crippen molar-refractivity contribution in [2.45, 2.75) is 25.3 Å². The van der Waals surface area contributed by atoms with Gasteiger partial charge in [-0.1, -0.05) is 35.9 Å². The van der Waals surface area contributed by atoms with Crippen molar-refractivity contribution in [3.05, 3.63) is 64.7 Å². The number of carbonyl (C=O) groups is 1. The highest BCUT2D eigenvalue weighted by atomic mass is 35.5. The number of carbonyl (C=O) groups excluding carboxylic acids is 1. The van der Waals surface area contributed by atoms with Crippen molar-refractivity contribution in [2.24, 2.45) is 0 Å². The van der Waals surface area contributed by atoms with E-state index in [4.69, 9.17) is 11.6 Å². The molecule has 0 aliphatic rings. The van der Waals surface area contributed by atoms with Gasteiger partial charge in [0.25, 0.3) is 0 Å². The van der Waals surface area contributed by atoms with E-state index >= 15 is 0 Å². The fraction of sp³-hybridized carbons (Fsp3) is 0.278. The number of amides is 1. The minimum Gasteiger partial charge on any atom is -0.355 e. The number of sulfonamides is 1. The summed E-state index contributed by atoms with van der Waals surface area (Å²) in [5, 5.41) is 3.09. The zero-order valence-electron chi connectivity index (χ0n) is 14.2. The third kappa shape index (κ3) is 5.04. The number of nitrogens with one attached hydrogen (secondary N) is 1. The van der Waals surface area contributed by atoms with E-state index < -0.39 is 10.0 Å². The highest BCUT2D eigenvalue weighted by molar-refractivity contribution is 7.89. The largest absolute Gasteiger partial charge is 0.355 e. The first-order chi connectivity index (χ1) is 11.8. The number of rotatable bonds is 7. The zero-order chi connectivity index (χ0) is 18.4. The molecular formula is C18H21ClN2O3S. The molecule has 2 rings (SSSR count). The van der Waals surface area contributed by atoms with Crippen molar-refractivity contribution < 1.29 is 13.2 Å². The van der Waals surface area contributed by atoms with E-state index in [2.05, 4.69) is 5.32 Å². The van der Waals surface area contributed by atoms with Gasteiger partial charge in [0.15, 0.2) is 0 Å². The van der Waals surface area contributed by atoms with Crippen LogP contribution in [-0.2, 0) is 21.4 Å². The molecule has 0 aliphatic carbocycles. The van der Waals surface area contributed by atoms with Crippen LogP contribution in [0.15, 0.2) is 53.4 Å². The van der Waals surface area contributed by atoms with Crippen LogP contribution in [0.4, 0.5) is 0 Å². The quantitative estimate of drug-likeness (QED) is 0.803. The lowest BCUT2D eigenvalue weighted by Gasteiger charge is -2.22. The molecule has 0 aliphatic heterocycles. The van der Waals surface area contributed by atoms with Gasteiger partial charge in [0.2, 0.25) is 15.9 Å². The Morgan fingerprint density at radius 3 is 2.36 bits per heavy atom. The van der Waals surface area contributed by atoms with Gasteiger partial charge in [-0.2, -0.15) is 4.31 Å². The Labute approximate surface area is 153 Å². The lowest BCUT2D eigenvalue weighted by molar-refractivity contribution is -0.121. The Bertz CT molecular complexity index is 836. The molecule has 0 saturated heterocycles. The van der Waals surface area contributed by atoms with Crippen molar-refractivity contribution in [1.82, 2.24) is 9.62 Å². The molecule has 0 atom stereocenters. The predicted molar refractivity (Wildman–Crippen MR) is 98.9 cm³/mol. The Morgan fingerprint density at radius 1 is 1.12 bits per heavy atom. The summed E-state index contributed by atoms with van der Waals surface area (Å²) in [6, 6.07) is 13.4. The maximum atomic E-state index is 13.0. The minimum absolute atomic E-state index is 0.106. The predicted octanol–water partition coefficient (Wildman–Crippen LogP) is 2.98. The molecule has 134 valence electrons. The van der Waals surface area contributed by atoms with Crippen LogP contribution < -0.4 is 5.32 Å². The average Bonchev–Trinajstić information content (AvgIpc) is 2.57. The monoisotopic (exact) mass is 380 g/mol. The number of benzene rings is 2. The Morgan fingerprint density at radius 2 is 1.76 bits per heavy atom. The van der Waals surface area contributed by atoms with Crippen LogP contribution in [0.3, 0.4) is 0 Å². The van der Waals surface area contributed by atoms with Gasteiger partial charge < -0.3 is 5.32 Å². The lowest BCUT2D eigenvalue weighted by atomic mass is 10.1. The first-order valence-electron chi connectivity index (χ1n) is 7.91. The van der Waals surface area contributed by atoms with Crippen LogP contribution in [0, 0.1) is 6.92 Å². The maximum Gasteiger partial charge on any atom is 0.243 e. The van der Waals surface area contributed by atoms with Gasteiger partial charge in [-0.3, -0.25) is 4.79 Å². The SMILES string of the molecule is CCNC(=O)CN(Cc1ccccc1C)S(=O)(=O)c1ccc(Cl)cc1. The Balaban J connectivity index is 2.37. The molecule has 0 heterocycles. The highest BCUT2D eigenvalue weighted by Gasteiger charge is 2.27. The number of halogens is 1. The standard InChI is InChI=1S/C18H21ClN2O3S/c1-3-20-18(22)13-21(12-15-7-5-4-6-14(15)2)25(23,24)17-10-8-16(19)9-11-17/h4-11H,3,12-13H2,1-2H3,(H,20,22). The van der Waals surface area contributed by atoms with Crippen molar-refractivity contribution in [1.29, 1.82) is 0 Å². The molecule has 25 heavy (non-hydrogen) atoms. The van der Waals surface area contributed by atoms with Crippen LogP contribution in [0.1, 0.15) is 18.1 Å². The number of likely N-dealkylation sites (N-methyl/N-ethyl adjacent to an activating group) is 1. The molecule has 0 radical (unpaired) electrons. The summed E-state index contributed by atoms with van der Waals surface area (Å²) in [6.07, 6.45) is 0. The van der Waals surface area contributed by atoms with Crippen LogP contribution in [0.2, 0.25) is 5.02 Å². The second-order valence-corrected chi connectivity index (χ2v) is 7.98. The average molecular weight is 381 g/mol. The topological polar surface area (TPSA) is 66.5 Å².